The number of nitrogens with zero attached hydrogens (tertiary/aromatic N) is 1. The number of amides is 1. The maximum atomic E-state index is 10.3. The first-order valence-electron chi connectivity index (χ1n) is 3.21. The molecule has 0 bridgehead atoms. The molecule has 0 aromatic heterocycles. The van der Waals surface area contributed by atoms with Gasteiger partial charge in [0, 0.05) is 22.5 Å². The molecule has 0 saturated carbocycles. The van der Waals surface area contributed by atoms with Crippen molar-refractivity contribution < 1.29 is 4.79 Å². The summed E-state index contributed by atoms with van der Waals surface area (Å²) >= 11 is 2.78. The lowest BCUT2D eigenvalue weighted by molar-refractivity contribution is 0.261. The van der Waals surface area contributed by atoms with Crippen molar-refractivity contribution >= 4 is 20.7 Å². The summed E-state index contributed by atoms with van der Waals surface area (Å²) in [6.07, 6.45) is 0.990. The Kier molecular flexibility index (Phi) is 5.63. The highest BCUT2D eigenvalue weighted by Crippen LogP contribution is 1.84. The molecule has 4 heteroatoms. The van der Waals surface area contributed by atoms with Crippen LogP contribution in [0.4, 0.5) is 4.79 Å². The Labute approximate surface area is 69.9 Å². The lowest BCUT2D eigenvalue weighted by Crippen LogP contribution is -2.22. The zero-order chi connectivity index (χ0) is 7.98. The second-order valence-electron chi connectivity index (χ2n) is 2.36. The Hall–Kier alpha value is -0.0900. The highest BCUT2D eigenvalue weighted by Gasteiger charge is 1.92. The van der Waals surface area contributed by atoms with E-state index in [1.807, 2.05) is 14.1 Å². The average molecular weight is 209 g/mol. The summed E-state index contributed by atoms with van der Waals surface area (Å²) in [5.41, 5.74) is 0. The molecule has 0 aromatic carbocycles. The third-order valence-electron chi connectivity index (χ3n) is 1.05. The van der Waals surface area contributed by atoms with Crippen molar-refractivity contribution in [2.75, 3.05) is 27.2 Å². The van der Waals surface area contributed by atoms with Crippen molar-refractivity contribution in [1.82, 2.24) is 10.2 Å². The molecule has 0 saturated heterocycles. The zero-order valence-corrected chi connectivity index (χ0v) is 7.94. The Bertz CT molecular complexity index is 106. The minimum absolute atomic E-state index is 0.133. The van der Waals surface area contributed by atoms with Crippen molar-refractivity contribution in [3.05, 3.63) is 0 Å². The topological polar surface area (TPSA) is 32.3 Å². The van der Waals surface area contributed by atoms with Crippen molar-refractivity contribution in [1.29, 1.82) is 0 Å². The number of carbonyl (C=O) groups is 1. The predicted molar refractivity (Wildman–Crippen MR) is 45.5 cm³/mol. The quantitative estimate of drug-likeness (QED) is 0.426. The number of nitrogens with one attached hydrogen (secondary N) is 1. The number of hydrogen-bond acceptors (Lipinski definition) is 2. The summed E-state index contributed by atoms with van der Waals surface area (Å²) in [5, 5.41) is 2.65. The second kappa shape index (κ2) is 5.68. The van der Waals surface area contributed by atoms with Crippen molar-refractivity contribution in [3.63, 3.8) is 0 Å². The third kappa shape index (κ3) is 7.91. The first-order chi connectivity index (χ1) is 4.63. The molecule has 0 aromatic rings. The van der Waals surface area contributed by atoms with Crippen LogP contribution in [-0.4, -0.2) is 36.9 Å². The minimum atomic E-state index is -0.133. The molecule has 60 valence electrons. The fourth-order valence-electron chi connectivity index (χ4n) is 0.582. The Balaban J connectivity index is 2.98. The van der Waals surface area contributed by atoms with E-state index in [1.54, 1.807) is 0 Å². The smallest absolute Gasteiger partial charge is 0.287 e. The SMILES string of the molecule is CN(C)CCCNC(=O)Br. The zero-order valence-electron chi connectivity index (χ0n) is 6.35. The van der Waals surface area contributed by atoms with E-state index in [4.69, 9.17) is 0 Å². The van der Waals surface area contributed by atoms with Gasteiger partial charge in [0.25, 0.3) is 4.82 Å². The molecule has 0 aliphatic heterocycles. The van der Waals surface area contributed by atoms with Crippen LogP contribution >= 0.6 is 15.9 Å². The molecule has 10 heavy (non-hydrogen) atoms. The van der Waals surface area contributed by atoms with Gasteiger partial charge in [-0.2, -0.15) is 0 Å². The summed E-state index contributed by atoms with van der Waals surface area (Å²) < 4.78 is 0. The average Bonchev–Trinajstić information content (AvgIpc) is 1.79. The first kappa shape index (κ1) is 9.91. The molecular weight excluding hydrogens is 196 g/mol. The van der Waals surface area contributed by atoms with E-state index in [0.29, 0.717) is 0 Å². The highest BCUT2D eigenvalue weighted by molar-refractivity contribution is 9.18. The summed E-state index contributed by atoms with van der Waals surface area (Å²) in [7, 11) is 4.02. The van der Waals surface area contributed by atoms with Gasteiger partial charge < -0.3 is 10.2 Å². The highest BCUT2D eigenvalue weighted by atomic mass is 79.9. The van der Waals surface area contributed by atoms with Gasteiger partial charge in [0.15, 0.2) is 0 Å². The molecule has 0 fully saturated rings. The maximum Gasteiger partial charge on any atom is 0.287 e. The van der Waals surface area contributed by atoms with Crippen LogP contribution in [0.15, 0.2) is 0 Å². The van der Waals surface area contributed by atoms with E-state index in [-0.39, 0.29) is 4.82 Å². The summed E-state index contributed by atoms with van der Waals surface area (Å²) in [4.78, 5) is 12.2. The Morgan fingerprint density at radius 3 is 2.60 bits per heavy atom. The van der Waals surface area contributed by atoms with Gasteiger partial charge in [0.1, 0.15) is 0 Å². The molecule has 0 atom stereocenters. The van der Waals surface area contributed by atoms with E-state index in [1.165, 1.54) is 0 Å². The van der Waals surface area contributed by atoms with Crippen molar-refractivity contribution in [3.8, 4) is 0 Å². The van der Waals surface area contributed by atoms with Gasteiger partial charge in [-0.05, 0) is 27.1 Å². The molecular formula is C6H13BrN2O. The van der Waals surface area contributed by atoms with Crippen LogP contribution in [0.2, 0.25) is 0 Å². The van der Waals surface area contributed by atoms with Gasteiger partial charge in [-0.1, -0.05) is 0 Å². The molecule has 1 amide bonds. The minimum Gasteiger partial charge on any atom is -0.347 e. The standard InChI is InChI=1S/C6H13BrN2O/c1-9(2)5-3-4-8-6(7)10/h3-5H2,1-2H3,(H,8,10). The van der Waals surface area contributed by atoms with Gasteiger partial charge in [-0.25, -0.2) is 0 Å². The van der Waals surface area contributed by atoms with Gasteiger partial charge in [0.05, 0.1) is 0 Å². The summed E-state index contributed by atoms with van der Waals surface area (Å²) in [6.45, 7) is 1.75. The van der Waals surface area contributed by atoms with Crippen LogP contribution in [0, 0.1) is 0 Å². The van der Waals surface area contributed by atoms with E-state index in [2.05, 4.69) is 26.1 Å². The summed E-state index contributed by atoms with van der Waals surface area (Å²) in [5.74, 6) is 0. The van der Waals surface area contributed by atoms with E-state index in [9.17, 15) is 4.79 Å². The fourth-order valence-corrected chi connectivity index (χ4v) is 0.780. The van der Waals surface area contributed by atoms with Crippen molar-refractivity contribution in [2.45, 2.75) is 6.42 Å². The van der Waals surface area contributed by atoms with E-state index < -0.39 is 0 Å². The van der Waals surface area contributed by atoms with Crippen LogP contribution in [0.3, 0.4) is 0 Å². The number of hydrogen-bond donors (Lipinski definition) is 1. The van der Waals surface area contributed by atoms with Gasteiger partial charge >= 0.3 is 0 Å². The molecule has 0 spiro atoms. The maximum absolute atomic E-state index is 10.3. The Morgan fingerprint density at radius 2 is 2.20 bits per heavy atom. The Morgan fingerprint density at radius 1 is 1.60 bits per heavy atom. The molecule has 3 nitrogen and oxygen atoms in total. The van der Waals surface area contributed by atoms with Crippen LogP contribution in [-0.2, 0) is 0 Å². The largest absolute Gasteiger partial charge is 0.347 e. The van der Waals surface area contributed by atoms with Crippen LogP contribution < -0.4 is 5.32 Å². The molecule has 0 unspecified atom stereocenters. The third-order valence-corrected chi connectivity index (χ3v) is 1.33. The molecule has 0 aliphatic rings. The molecule has 0 heterocycles. The van der Waals surface area contributed by atoms with Crippen LogP contribution in [0.25, 0.3) is 0 Å². The first-order valence-corrected chi connectivity index (χ1v) is 4.00. The molecule has 0 radical (unpaired) electrons. The number of rotatable bonds is 4. The summed E-state index contributed by atoms with van der Waals surface area (Å²) in [6, 6.07) is 0. The van der Waals surface area contributed by atoms with Crippen molar-refractivity contribution in [2.24, 2.45) is 0 Å². The molecule has 0 aliphatic carbocycles. The lowest BCUT2D eigenvalue weighted by Gasteiger charge is -2.08. The molecule has 0 rings (SSSR count). The van der Waals surface area contributed by atoms with Crippen LogP contribution in [0.5, 0.6) is 0 Å². The predicted octanol–water partition coefficient (Wildman–Crippen LogP) is 1.04. The van der Waals surface area contributed by atoms with E-state index in [0.717, 1.165) is 19.5 Å². The van der Waals surface area contributed by atoms with E-state index >= 15 is 0 Å². The lowest BCUT2D eigenvalue weighted by atomic mass is 10.4. The fraction of sp³-hybridized carbons (Fsp3) is 0.833. The number of halogens is 1. The molecule has 1 N–H and O–H groups in total. The van der Waals surface area contributed by atoms with Gasteiger partial charge in [-0.3, -0.25) is 4.79 Å². The number of carbonyl (C=O) groups excluding carboxylic acids is 1. The second-order valence-corrected chi connectivity index (χ2v) is 3.08. The monoisotopic (exact) mass is 208 g/mol. The van der Waals surface area contributed by atoms with Gasteiger partial charge in [0.2, 0.25) is 0 Å². The van der Waals surface area contributed by atoms with Crippen LogP contribution in [0.1, 0.15) is 6.42 Å². The van der Waals surface area contributed by atoms with Gasteiger partial charge in [-0.15, -0.1) is 0 Å². The normalized spacial score (nSPS) is 10.0.